The van der Waals surface area contributed by atoms with Crippen molar-refractivity contribution in [2.24, 2.45) is 0 Å². The summed E-state index contributed by atoms with van der Waals surface area (Å²) in [5.41, 5.74) is 0.782. The van der Waals surface area contributed by atoms with Gasteiger partial charge in [-0.15, -0.1) is 0 Å². The number of likely N-dealkylation sites (tertiary alicyclic amines) is 1. The fraction of sp³-hybridized carbons (Fsp3) is 0.300. The molecule has 0 radical (unpaired) electrons. The van der Waals surface area contributed by atoms with E-state index < -0.39 is 10.0 Å². The van der Waals surface area contributed by atoms with E-state index in [-0.39, 0.29) is 16.5 Å². The minimum Gasteiger partial charge on any atom is -0.493 e. The zero-order valence-corrected chi connectivity index (χ0v) is 17.4. The van der Waals surface area contributed by atoms with Crippen LogP contribution in [0.2, 0.25) is 0 Å². The van der Waals surface area contributed by atoms with Crippen molar-refractivity contribution >= 4 is 32.6 Å². The molecule has 0 spiro atoms. The third kappa shape index (κ3) is 3.65. The Morgan fingerprint density at radius 3 is 2.50 bits per heavy atom. The smallest absolute Gasteiger partial charge is 0.276 e. The molecule has 158 valence electrons. The standard InChI is InChI=1S/C20H21N3O6S/c1-27-17-7-5-13(11-18(17)28-2)22-30(25,26)14-6-8-16-15(12-14)19(21-29-16)20(24)23-9-3-4-10-23/h5-8,11-12,22H,3-4,9-10H2,1-2H3. The molecular formula is C20H21N3O6S. The first-order valence-corrected chi connectivity index (χ1v) is 10.8. The molecule has 1 saturated heterocycles. The molecule has 30 heavy (non-hydrogen) atoms. The zero-order valence-electron chi connectivity index (χ0n) is 16.5. The Morgan fingerprint density at radius 1 is 1.07 bits per heavy atom. The number of anilines is 1. The topological polar surface area (TPSA) is 111 Å². The van der Waals surface area contributed by atoms with Gasteiger partial charge in [-0.2, -0.15) is 0 Å². The normalized spacial score (nSPS) is 14.1. The van der Waals surface area contributed by atoms with Gasteiger partial charge in [0.1, 0.15) is 0 Å². The van der Waals surface area contributed by atoms with Crippen molar-refractivity contribution < 1.29 is 27.2 Å². The molecule has 10 heteroatoms. The highest BCUT2D eigenvalue weighted by molar-refractivity contribution is 7.92. The van der Waals surface area contributed by atoms with Gasteiger partial charge in [0, 0.05) is 19.2 Å². The Hall–Kier alpha value is -3.27. The van der Waals surface area contributed by atoms with Gasteiger partial charge >= 0.3 is 0 Å². The third-order valence-electron chi connectivity index (χ3n) is 4.98. The van der Waals surface area contributed by atoms with Crippen molar-refractivity contribution in [2.45, 2.75) is 17.7 Å². The average molecular weight is 431 g/mol. The predicted octanol–water partition coefficient (Wildman–Crippen LogP) is 2.88. The summed E-state index contributed by atoms with van der Waals surface area (Å²) in [7, 11) is -0.965. The number of hydrogen-bond acceptors (Lipinski definition) is 7. The number of nitrogens with one attached hydrogen (secondary N) is 1. The van der Waals surface area contributed by atoms with E-state index in [0.29, 0.717) is 41.2 Å². The van der Waals surface area contributed by atoms with E-state index in [2.05, 4.69) is 9.88 Å². The SMILES string of the molecule is COc1ccc(NS(=O)(=O)c2ccc3onc(C(=O)N4CCCC4)c3c2)cc1OC. The van der Waals surface area contributed by atoms with Crippen LogP contribution in [0.15, 0.2) is 45.8 Å². The molecule has 2 heterocycles. The van der Waals surface area contributed by atoms with E-state index in [1.54, 1.807) is 17.0 Å². The summed E-state index contributed by atoms with van der Waals surface area (Å²) in [4.78, 5) is 14.4. The second-order valence-electron chi connectivity index (χ2n) is 6.86. The Bertz CT molecular complexity index is 1200. The average Bonchev–Trinajstić information content (AvgIpc) is 3.42. The molecule has 0 saturated carbocycles. The summed E-state index contributed by atoms with van der Waals surface area (Å²) < 4.78 is 44.0. The molecule has 1 aliphatic rings. The lowest BCUT2D eigenvalue weighted by Crippen LogP contribution is -2.28. The number of nitrogens with zero attached hydrogens (tertiary/aromatic N) is 2. The van der Waals surface area contributed by atoms with Gasteiger partial charge in [-0.1, -0.05) is 5.16 Å². The number of aromatic nitrogens is 1. The molecule has 4 rings (SSSR count). The Balaban J connectivity index is 1.66. The maximum Gasteiger partial charge on any atom is 0.276 e. The summed E-state index contributed by atoms with van der Waals surface area (Å²) in [5.74, 6) is 0.621. The van der Waals surface area contributed by atoms with Gasteiger partial charge in [-0.3, -0.25) is 9.52 Å². The minimum atomic E-state index is -3.93. The van der Waals surface area contributed by atoms with Gasteiger partial charge in [-0.25, -0.2) is 8.42 Å². The molecule has 1 amide bonds. The fourth-order valence-electron chi connectivity index (χ4n) is 3.42. The minimum absolute atomic E-state index is 0.0107. The van der Waals surface area contributed by atoms with Crippen molar-refractivity contribution in [1.82, 2.24) is 10.1 Å². The number of ether oxygens (including phenoxy) is 2. The van der Waals surface area contributed by atoms with E-state index in [1.807, 2.05) is 0 Å². The van der Waals surface area contributed by atoms with Crippen LogP contribution in [0, 0.1) is 0 Å². The summed E-state index contributed by atoms with van der Waals surface area (Å²) in [6.45, 7) is 1.32. The molecule has 2 aromatic carbocycles. The van der Waals surface area contributed by atoms with Crippen molar-refractivity contribution in [2.75, 3.05) is 32.0 Å². The molecule has 1 aliphatic heterocycles. The molecule has 0 unspecified atom stereocenters. The number of benzene rings is 2. The van der Waals surface area contributed by atoms with Crippen LogP contribution in [-0.2, 0) is 10.0 Å². The number of carbonyl (C=O) groups is 1. The van der Waals surface area contributed by atoms with Crippen LogP contribution in [0.25, 0.3) is 11.0 Å². The molecule has 1 fully saturated rings. The second-order valence-corrected chi connectivity index (χ2v) is 8.55. The Kier molecular flexibility index (Phi) is 5.25. The molecular weight excluding hydrogens is 410 g/mol. The van der Waals surface area contributed by atoms with E-state index in [9.17, 15) is 13.2 Å². The molecule has 1 aromatic heterocycles. The number of amides is 1. The van der Waals surface area contributed by atoms with Crippen LogP contribution in [0.4, 0.5) is 5.69 Å². The van der Waals surface area contributed by atoms with E-state index in [1.165, 1.54) is 38.5 Å². The molecule has 9 nitrogen and oxygen atoms in total. The van der Waals surface area contributed by atoms with Crippen LogP contribution < -0.4 is 14.2 Å². The zero-order chi connectivity index (χ0) is 21.3. The first kappa shape index (κ1) is 20.0. The van der Waals surface area contributed by atoms with Gasteiger partial charge < -0.3 is 18.9 Å². The van der Waals surface area contributed by atoms with Crippen LogP contribution in [0.5, 0.6) is 11.5 Å². The highest BCUT2D eigenvalue weighted by atomic mass is 32.2. The highest BCUT2D eigenvalue weighted by Gasteiger charge is 2.26. The van der Waals surface area contributed by atoms with Gasteiger partial charge in [0.2, 0.25) is 0 Å². The van der Waals surface area contributed by atoms with Gasteiger partial charge in [-0.05, 0) is 43.2 Å². The number of hydrogen-bond donors (Lipinski definition) is 1. The lowest BCUT2D eigenvalue weighted by molar-refractivity contribution is 0.0784. The van der Waals surface area contributed by atoms with Gasteiger partial charge in [0.05, 0.1) is 30.2 Å². The number of methoxy groups -OCH3 is 2. The molecule has 0 atom stereocenters. The molecule has 0 bridgehead atoms. The van der Waals surface area contributed by atoms with Crippen LogP contribution in [0.1, 0.15) is 23.3 Å². The fourth-order valence-corrected chi connectivity index (χ4v) is 4.50. The number of fused-ring (bicyclic) bond motifs is 1. The maximum atomic E-state index is 12.9. The lowest BCUT2D eigenvalue weighted by atomic mass is 10.2. The van der Waals surface area contributed by atoms with Crippen LogP contribution >= 0.6 is 0 Å². The van der Waals surface area contributed by atoms with E-state index in [4.69, 9.17) is 14.0 Å². The summed E-state index contributed by atoms with van der Waals surface area (Å²) in [6.07, 6.45) is 1.88. The first-order chi connectivity index (χ1) is 14.4. The highest BCUT2D eigenvalue weighted by Crippen LogP contribution is 2.31. The van der Waals surface area contributed by atoms with Crippen molar-refractivity contribution in [1.29, 1.82) is 0 Å². The summed E-state index contributed by atoms with van der Waals surface area (Å²) in [6, 6.07) is 8.99. The van der Waals surface area contributed by atoms with E-state index >= 15 is 0 Å². The molecule has 1 N–H and O–H groups in total. The summed E-state index contributed by atoms with van der Waals surface area (Å²) >= 11 is 0. The third-order valence-corrected chi connectivity index (χ3v) is 6.36. The maximum absolute atomic E-state index is 12.9. The molecule has 0 aliphatic carbocycles. The van der Waals surface area contributed by atoms with Gasteiger partial charge in [0.15, 0.2) is 22.8 Å². The number of carbonyl (C=O) groups excluding carboxylic acids is 1. The largest absolute Gasteiger partial charge is 0.493 e. The van der Waals surface area contributed by atoms with Crippen molar-refractivity contribution in [3.63, 3.8) is 0 Å². The Labute approximate surface area is 173 Å². The van der Waals surface area contributed by atoms with E-state index in [0.717, 1.165) is 12.8 Å². The lowest BCUT2D eigenvalue weighted by Gasteiger charge is -2.13. The quantitative estimate of drug-likeness (QED) is 0.639. The van der Waals surface area contributed by atoms with Crippen molar-refractivity contribution in [3.8, 4) is 11.5 Å². The number of sulfonamides is 1. The monoisotopic (exact) mass is 431 g/mol. The number of rotatable bonds is 6. The van der Waals surface area contributed by atoms with Crippen LogP contribution in [-0.4, -0.2) is 51.7 Å². The van der Waals surface area contributed by atoms with Crippen LogP contribution in [0.3, 0.4) is 0 Å². The Morgan fingerprint density at radius 2 is 1.80 bits per heavy atom. The predicted molar refractivity (Wildman–Crippen MR) is 110 cm³/mol. The summed E-state index contributed by atoms with van der Waals surface area (Å²) in [5, 5.41) is 4.24. The first-order valence-electron chi connectivity index (χ1n) is 9.36. The van der Waals surface area contributed by atoms with Crippen molar-refractivity contribution in [3.05, 3.63) is 42.1 Å². The van der Waals surface area contributed by atoms with Gasteiger partial charge in [0.25, 0.3) is 15.9 Å². The molecule has 3 aromatic rings. The second kappa shape index (κ2) is 7.86.